The Kier molecular flexibility index (Phi) is 8.38. The fourth-order valence-electron chi connectivity index (χ4n) is 3.63. The van der Waals surface area contributed by atoms with Crippen molar-refractivity contribution in [2.24, 2.45) is 0 Å². The molecule has 0 aliphatic heterocycles. The molecule has 2 atom stereocenters. The molecule has 0 spiro atoms. The number of nitrogens with one attached hydrogen (secondary N) is 1. The zero-order chi connectivity index (χ0) is 27.5. The van der Waals surface area contributed by atoms with Gasteiger partial charge in [-0.3, -0.25) is 0 Å². The Morgan fingerprint density at radius 1 is 1.05 bits per heavy atom. The van der Waals surface area contributed by atoms with Gasteiger partial charge in [0.2, 0.25) is 0 Å². The highest BCUT2D eigenvalue weighted by molar-refractivity contribution is 5.92. The summed E-state index contributed by atoms with van der Waals surface area (Å²) in [7, 11) is 2.21. The number of ether oxygens (including phenoxy) is 3. The van der Waals surface area contributed by atoms with Crippen LogP contribution < -0.4 is 14.8 Å². The van der Waals surface area contributed by atoms with Crippen LogP contribution in [0.3, 0.4) is 0 Å². The number of nitrogens with zero attached hydrogens (tertiary/aromatic N) is 2. The lowest BCUT2D eigenvalue weighted by Crippen LogP contribution is -2.36. The number of halogens is 6. The second-order valence-electron chi connectivity index (χ2n) is 8.15. The zero-order valence-electron chi connectivity index (χ0n) is 20.3. The first-order valence-corrected chi connectivity index (χ1v) is 10.9. The third-order valence-electron chi connectivity index (χ3n) is 5.57. The van der Waals surface area contributed by atoms with Crippen molar-refractivity contribution >= 4 is 16.7 Å². The number of alkyl halides is 5. The van der Waals surface area contributed by atoms with E-state index in [0.717, 1.165) is 13.2 Å². The lowest BCUT2D eigenvalue weighted by atomic mass is 10.00. The number of fused-ring (bicyclic) bond motifs is 1. The van der Waals surface area contributed by atoms with Gasteiger partial charge < -0.3 is 24.6 Å². The van der Waals surface area contributed by atoms with Crippen molar-refractivity contribution in [3.05, 3.63) is 53.1 Å². The molecule has 1 unspecified atom stereocenters. The number of hydrogen-bond donors (Lipinski definition) is 2. The molecule has 0 fully saturated rings. The van der Waals surface area contributed by atoms with Crippen molar-refractivity contribution in [2.75, 3.05) is 32.8 Å². The van der Waals surface area contributed by atoms with Crippen LogP contribution in [-0.4, -0.2) is 54.8 Å². The standard InChI is InChI=1S/C24H25F6N3O4/c1-12(14-6-5-7-16(21(14)25)23(26,27)11-34)31-22-15-8-19(37-10-20(36-4)24(28,29)30)18(35-3)9-17(15)32-13(2)33-22/h5-9,12,20,34H,10-11H2,1-4H3,(H,31,32,33)/t12-,20?/m1/s1. The second-order valence-corrected chi connectivity index (χ2v) is 8.15. The number of aromatic nitrogens is 2. The Hall–Kier alpha value is -3.32. The molecule has 2 aromatic carbocycles. The van der Waals surface area contributed by atoms with Gasteiger partial charge in [-0.15, -0.1) is 0 Å². The molecule has 1 aromatic heterocycles. The molecule has 3 rings (SSSR count). The summed E-state index contributed by atoms with van der Waals surface area (Å²) in [5.41, 5.74) is -0.734. The fraction of sp³-hybridized carbons (Fsp3) is 0.417. The topological polar surface area (TPSA) is 85.7 Å². The van der Waals surface area contributed by atoms with Gasteiger partial charge in [0.1, 0.15) is 30.7 Å². The van der Waals surface area contributed by atoms with Crippen LogP contribution in [0.4, 0.5) is 32.2 Å². The Morgan fingerprint density at radius 3 is 2.35 bits per heavy atom. The van der Waals surface area contributed by atoms with E-state index in [1.807, 2.05) is 0 Å². The van der Waals surface area contributed by atoms with E-state index in [4.69, 9.17) is 14.6 Å². The molecule has 0 radical (unpaired) electrons. The number of anilines is 1. The third-order valence-corrected chi connectivity index (χ3v) is 5.57. The lowest BCUT2D eigenvalue weighted by molar-refractivity contribution is -0.219. The van der Waals surface area contributed by atoms with Crippen molar-refractivity contribution in [2.45, 2.75) is 38.1 Å². The predicted octanol–water partition coefficient (Wildman–Crippen LogP) is 5.30. The van der Waals surface area contributed by atoms with E-state index in [1.54, 1.807) is 6.92 Å². The average Bonchev–Trinajstić information content (AvgIpc) is 2.83. The van der Waals surface area contributed by atoms with Gasteiger partial charge in [-0.25, -0.2) is 14.4 Å². The number of methoxy groups -OCH3 is 2. The summed E-state index contributed by atoms with van der Waals surface area (Å²) in [4.78, 5) is 8.60. The maximum absolute atomic E-state index is 15.0. The number of aliphatic hydroxyl groups excluding tert-OH is 1. The SMILES string of the molecule is COc1cc2nc(C)nc(N[C@H](C)c3cccc(C(F)(F)CO)c3F)c2cc1OCC(OC)C(F)(F)F. The van der Waals surface area contributed by atoms with Crippen molar-refractivity contribution in [1.82, 2.24) is 9.97 Å². The highest BCUT2D eigenvalue weighted by Crippen LogP contribution is 2.37. The number of aliphatic hydroxyl groups is 1. The molecule has 0 saturated heterocycles. The summed E-state index contributed by atoms with van der Waals surface area (Å²) < 4.78 is 97.2. The molecule has 0 amide bonds. The average molecular weight is 533 g/mol. The molecule has 202 valence electrons. The van der Waals surface area contributed by atoms with E-state index in [1.165, 1.54) is 38.3 Å². The van der Waals surface area contributed by atoms with Crippen molar-refractivity contribution < 1.29 is 45.7 Å². The number of hydrogen-bond acceptors (Lipinski definition) is 7. The van der Waals surface area contributed by atoms with Crippen LogP contribution in [0.2, 0.25) is 0 Å². The molecule has 7 nitrogen and oxygen atoms in total. The van der Waals surface area contributed by atoms with Crippen LogP contribution in [0.1, 0.15) is 29.9 Å². The maximum Gasteiger partial charge on any atom is 0.417 e. The zero-order valence-corrected chi connectivity index (χ0v) is 20.3. The molecular weight excluding hydrogens is 508 g/mol. The van der Waals surface area contributed by atoms with Crippen molar-refractivity contribution in [3.63, 3.8) is 0 Å². The Labute approximate surface area is 208 Å². The van der Waals surface area contributed by atoms with Crippen LogP contribution in [0.25, 0.3) is 10.9 Å². The van der Waals surface area contributed by atoms with Crippen LogP contribution in [0, 0.1) is 12.7 Å². The first kappa shape index (κ1) is 28.3. The summed E-state index contributed by atoms with van der Waals surface area (Å²) in [6, 6.07) is 5.34. The molecular formula is C24H25F6N3O4. The number of aryl methyl sites for hydroxylation is 1. The minimum atomic E-state index is -4.66. The van der Waals surface area contributed by atoms with E-state index in [0.29, 0.717) is 16.7 Å². The van der Waals surface area contributed by atoms with Crippen LogP contribution in [0.15, 0.2) is 30.3 Å². The Balaban J connectivity index is 2.01. The first-order chi connectivity index (χ1) is 17.3. The van der Waals surface area contributed by atoms with E-state index in [-0.39, 0.29) is 22.9 Å². The third kappa shape index (κ3) is 6.16. The molecule has 0 bridgehead atoms. The van der Waals surface area contributed by atoms with Gasteiger partial charge >= 0.3 is 6.18 Å². The van der Waals surface area contributed by atoms with Crippen LogP contribution >= 0.6 is 0 Å². The van der Waals surface area contributed by atoms with E-state index in [2.05, 4.69) is 20.0 Å². The summed E-state index contributed by atoms with van der Waals surface area (Å²) >= 11 is 0. The first-order valence-electron chi connectivity index (χ1n) is 10.9. The quantitative estimate of drug-likeness (QED) is 0.342. The van der Waals surface area contributed by atoms with E-state index in [9.17, 15) is 26.3 Å². The summed E-state index contributed by atoms with van der Waals surface area (Å²) in [5.74, 6) is -4.47. The van der Waals surface area contributed by atoms with Gasteiger partial charge in [0.15, 0.2) is 17.6 Å². The number of benzene rings is 2. The molecule has 3 aromatic rings. The highest BCUT2D eigenvalue weighted by atomic mass is 19.4. The highest BCUT2D eigenvalue weighted by Gasteiger charge is 2.41. The predicted molar refractivity (Wildman–Crippen MR) is 123 cm³/mol. The molecule has 37 heavy (non-hydrogen) atoms. The van der Waals surface area contributed by atoms with Gasteiger partial charge in [-0.2, -0.15) is 22.0 Å². The summed E-state index contributed by atoms with van der Waals surface area (Å²) in [6.07, 6.45) is -6.85. The summed E-state index contributed by atoms with van der Waals surface area (Å²) in [6.45, 7) is 0.677. The van der Waals surface area contributed by atoms with Gasteiger partial charge in [-0.05, 0) is 26.0 Å². The molecule has 0 saturated carbocycles. The largest absolute Gasteiger partial charge is 0.493 e. The fourth-order valence-corrected chi connectivity index (χ4v) is 3.63. The summed E-state index contributed by atoms with van der Waals surface area (Å²) in [5, 5.41) is 12.2. The minimum absolute atomic E-state index is 0.0554. The molecule has 0 aliphatic carbocycles. The smallest absolute Gasteiger partial charge is 0.417 e. The van der Waals surface area contributed by atoms with E-state index < -0.39 is 48.8 Å². The molecule has 13 heteroatoms. The van der Waals surface area contributed by atoms with Crippen molar-refractivity contribution in [3.8, 4) is 11.5 Å². The van der Waals surface area contributed by atoms with Gasteiger partial charge in [0.05, 0.1) is 24.2 Å². The van der Waals surface area contributed by atoms with Crippen LogP contribution in [-0.2, 0) is 10.7 Å². The molecule has 1 heterocycles. The van der Waals surface area contributed by atoms with Gasteiger partial charge in [0.25, 0.3) is 5.92 Å². The van der Waals surface area contributed by atoms with E-state index >= 15 is 0 Å². The van der Waals surface area contributed by atoms with Gasteiger partial charge in [-0.1, -0.05) is 12.1 Å². The lowest BCUT2D eigenvalue weighted by Gasteiger charge is -2.22. The monoisotopic (exact) mass is 533 g/mol. The second kappa shape index (κ2) is 11.0. The maximum atomic E-state index is 15.0. The minimum Gasteiger partial charge on any atom is -0.493 e. The van der Waals surface area contributed by atoms with Crippen LogP contribution in [0.5, 0.6) is 11.5 Å². The van der Waals surface area contributed by atoms with Crippen molar-refractivity contribution in [1.29, 1.82) is 0 Å². The van der Waals surface area contributed by atoms with Gasteiger partial charge in [0, 0.05) is 24.1 Å². The molecule has 0 aliphatic rings. The number of rotatable bonds is 10. The Morgan fingerprint density at radius 2 is 1.76 bits per heavy atom. The Bertz CT molecular complexity index is 1260. The normalized spacial score (nSPS) is 13.9. The molecule has 2 N–H and O–H groups in total.